The molecule has 1 unspecified atom stereocenters. The average Bonchev–Trinajstić information content (AvgIpc) is 2.83. The van der Waals surface area contributed by atoms with E-state index in [0.717, 1.165) is 6.07 Å². The molecule has 0 radical (unpaired) electrons. The monoisotopic (exact) mass is 274 g/mol. The summed E-state index contributed by atoms with van der Waals surface area (Å²) in [6.07, 6.45) is -4.75. The molecule has 0 amide bonds. The van der Waals surface area contributed by atoms with Gasteiger partial charge in [0, 0.05) is 12.6 Å². The van der Waals surface area contributed by atoms with Crippen molar-refractivity contribution >= 4 is 22.4 Å². The molecule has 102 valence electrons. The van der Waals surface area contributed by atoms with Crippen LogP contribution >= 0.6 is 0 Å². The minimum atomic E-state index is -2.89. The van der Waals surface area contributed by atoms with E-state index in [2.05, 4.69) is 20.3 Å². The van der Waals surface area contributed by atoms with Gasteiger partial charge < -0.3 is 10.4 Å². The van der Waals surface area contributed by atoms with Crippen LogP contribution in [0.4, 0.5) is 20.2 Å². The number of nitro groups is 1. The van der Waals surface area contributed by atoms with E-state index in [-0.39, 0.29) is 22.4 Å². The summed E-state index contributed by atoms with van der Waals surface area (Å²) in [6, 6.07) is 2.42. The number of anilines is 1. The first-order valence-electron chi connectivity index (χ1n) is 5.10. The number of nitrogens with one attached hydrogen (secondary N) is 1. The van der Waals surface area contributed by atoms with Gasteiger partial charge in [-0.1, -0.05) is 0 Å². The van der Waals surface area contributed by atoms with Crippen LogP contribution in [-0.2, 0) is 0 Å². The summed E-state index contributed by atoms with van der Waals surface area (Å²) in [5.41, 5.74) is -0.157. The Labute approximate surface area is 104 Å². The van der Waals surface area contributed by atoms with Gasteiger partial charge in [0.05, 0.1) is 10.6 Å². The maximum atomic E-state index is 12.1. The number of aromatic nitrogens is 2. The molecule has 8 nitrogen and oxygen atoms in total. The van der Waals surface area contributed by atoms with Gasteiger partial charge in [-0.2, -0.15) is 0 Å². The van der Waals surface area contributed by atoms with Gasteiger partial charge in [0.1, 0.15) is 6.10 Å². The van der Waals surface area contributed by atoms with Crippen LogP contribution in [-0.4, -0.2) is 39.4 Å². The van der Waals surface area contributed by atoms with Gasteiger partial charge in [-0.15, -0.1) is 0 Å². The Morgan fingerprint density at radius 2 is 2.11 bits per heavy atom. The SMILES string of the molecule is O=[N+]([O-])c1ccc(NCC(O)C(F)F)c2nonc12. The van der Waals surface area contributed by atoms with E-state index < -0.39 is 24.0 Å². The Morgan fingerprint density at radius 1 is 1.42 bits per heavy atom. The van der Waals surface area contributed by atoms with Crippen molar-refractivity contribution in [2.24, 2.45) is 0 Å². The zero-order chi connectivity index (χ0) is 14.0. The zero-order valence-electron chi connectivity index (χ0n) is 9.29. The first-order chi connectivity index (χ1) is 9.00. The van der Waals surface area contributed by atoms with E-state index in [1.54, 1.807) is 0 Å². The highest BCUT2D eigenvalue weighted by Crippen LogP contribution is 2.28. The van der Waals surface area contributed by atoms with Gasteiger partial charge in [-0.05, 0) is 16.4 Å². The Hall–Kier alpha value is -2.36. The predicted molar refractivity (Wildman–Crippen MR) is 59.0 cm³/mol. The van der Waals surface area contributed by atoms with Gasteiger partial charge >= 0.3 is 5.69 Å². The van der Waals surface area contributed by atoms with Crippen LogP contribution in [0.25, 0.3) is 11.0 Å². The molecule has 1 heterocycles. The number of non-ortho nitro benzene ring substituents is 1. The molecule has 1 aromatic carbocycles. The minimum absolute atomic E-state index is 0.0377. The predicted octanol–water partition coefficient (Wildman–Crippen LogP) is 1.17. The highest BCUT2D eigenvalue weighted by Gasteiger charge is 2.21. The number of hydrogen-bond donors (Lipinski definition) is 2. The second kappa shape index (κ2) is 5.10. The fourth-order valence-electron chi connectivity index (χ4n) is 1.45. The van der Waals surface area contributed by atoms with Gasteiger partial charge in [0.15, 0.2) is 5.52 Å². The number of benzene rings is 1. The number of nitro benzene ring substituents is 1. The van der Waals surface area contributed by atoms with E-state index in [4.69, 9.17) is 5.11 Å². The quantitative estimate of drug-likeness (QED) is 0.621. The maximum absolute atomic E-state index is 12.1. The molecule has 0 aliphatic rings. The molecule has 19 heavy (non-hydrogen) atoms. The smallest absolute Gasteiger partial charge is 0.300 e. The van der Waals surface area contributed by atoms with Crippen molar-refractivity contribution in [1.29, 1.82) is 0 Å². The number of aliphatic hydroxyl groups is 1. The second-order valence-corrected chi connectivity index (χ2v) is 3.63. The molecule has 0 aliphatic heterocycles. The van der Waals surface area contributed by atoms with Crippen LogP contribution in [0.2, 0.25) is 0 Å². The fourth-order valence-corrected chi connectivity index (χ4v) is 1.45. The third-order valence-electron chi connectivity index (χ3n) is 2.38. The highest BCUT2D eigenvalue weighted by molar-refractivity contribution is 5.93. The summed E-state index contributed by atoms with van der Waals surface area (Å²) in [7, 11) is 0. The van der Waals surface area contributed by atoms with Gasteiger partial charge in [0.25, 0.3) is 6.43 Å². The van der Waals surface area contributed by atoms with Crippen molar-refractivity contribution in [3.05, 3.63) is 22.2 Å². The summed E-state index contributed by atoms with van der Waals surface area (Å²) >= 11 is 0. The van der Waals surface area contributed by atoms with Crippen molar-refractivity contribution in [1.82, 2.24) is 10.3 Å². The molecule has 1 atom stereocenters. The molecule has 1 aromatic heterocycles. The lowest BCUT2D eigenvalue weighted by Gasteiger charge is -2.11. The topological polar surface area (TPSA) is 114 Å². The molecule has 0 bridgehead atoms. The molecule has 2 rings (SSSR count). The zero-order valence-corrected chi connectivity index (χ0v) is 9.29. The van der Waals surface area contributed by atoms with E-state index in [9.17, 15) is 18.9 Å². The Morgan fingerprint density at radius 3 is 2.74 bits per heavy atom. The maximum Gasteiger partial charge on any atom is 0.300 e. The van der Waals surface area contributed by atoms with E-state index in [1.807, 2.05) is 0 Å². The first kappa shape index (κ1) is 13.1. The Kier molecular flexibility index (Phi) is 3.51. The van der Waals surface area contributed by atoms with Crippen LogP contribution in [0.5, 0.6) is 0 Å². The summed E-state index contributed by atoms with van der Waals surface area (Å²) in [4.78, 5) is 10.1. The number of rotatable bonds is 5. The number of alkyl halides is 2. The summed E-state index contributed by atoms with van der Waals surface area (Å²) in [5.74, 6) is 0. The number of fused-ring (bicyclic) bond motifs is 1. The van der Waals surface area contributed by atoms with Gasteiger partial charge in [-0.3, -0.25) is 10.1 Å². The Balaban J connectivity index is 2.28. The molecular formula is C9H8F2N4O4. The molecular weight excluding hydrogens is 266 g/mol. The van der Waals surface area contributed by atoms with Crippen molar-refractivity contribution in [2.75, 3.05) is 11.9 Å². The second-order valence-electron chi connectivity index (χ2n) is 3.63. The third-order valence-corrected chi connectivity index (χ3v) is 2.38. The first-order valence-corrected chi connectivity index (χ1v) is 5.10. The highest BCUT2D eigenvalue weighted by atomic mass is 19.3. The van der Waals surface area contributed by atoms with Crippen LogP contribution in [0.1, 0.15) is 0 Å². The van der Waals surface area contributed by atoms with Crippen LogP contribution in [0, 0.1) is 10.1 Å². The normalized spacial score (nSPS) is 12.8. The molecule has 10 heteroatoms. The summed E-state index contributed by atoms with van der Waals surface area (Å²) < 4.78 is 28.7. The van der Waals surface area contributed by atoms with E-state index >= 15 is 0 Å². The lowest BCUT2D eigenvalue weighted by Crippen LogP contribution is -2.26. The van der Waals surface area contributed by atoms with Crippen molar-refractivity contribution < 1.29 is 23.4 Å². The molecule has 0 spiro atoms. The lowest BCUT2D eigenvalue weighted by molar-refractivity contribution is -0.383. The fraction of sp³-hybridized carbons (Fsp3) is 0.333. The van der Waals surface area contributed by atoms with E-state index in [1.165, 1.54) is 6.07 Å². The standard InChI is InChI=1S/C9H8F2N4O4/c10-9(11)6(16)3-12-4-1-2-5(15(17)18)8-7(4)13-19-14-8/h1-2,6,9,12,16H,3H2. The number of hydrogen-bond acceptors (Lipinski definition) is 7. The van der Waals surface area contributed by atoms with Crippen LogP contribution in [0.15, 0.2) is 16.8 Å². The molecule has 0 fully saturated rings. The van der Waals surface area contributed by atoms with E-state index in [0.29, 0.717) is 0 Å². The molecule has 0 aliphatic carbocycles. The van der Waals surface area contributed by atoms with Crippen LogP contribution < -0.4 is 5.32 Å². The molecule has 0 saturated carbocycles. The summed E-state index contributed by atoms with van der Waals surface area (Å²) in [6.45, 7) is -0.433. The Bertz CT molecular complexity index is 603. The lowest BCUT2D eigenvalue weighted by atomic mass is 10.2. The number of halogens is 2. The van der Waals surface area contributed by atoms with Crippen molar-refractivity contribution in [2.45, 2.75) is 12.5 Å². The molecule has 2 N–H and O–H groups in total. The van der Waals surface area contributed by atoms with Crippen molar-refractivity contribution in [3.8, 4) is 0 Å². The van der Waals surface area contributed by atoms with Gasteiger partial charge in [-0.25, -0.2) is 13.4 Å². The average molecular weight is 274 g/mol. The van der Waals surface area contributed by atoms with Crippen molar-refractivity contribution in [3.63, 3.8) is 0 Å². The number of aliphatic hydroxyl groups excluding tert-OH is 1. The molecule has 0 saturated heterocycles. The minimum Gasteiger partial charge on any atom is -0.385 e. The number of nitrogens with zero attached hydrogens (tertiary/aromatic N) is 3. The summed E-state index contributed by atoms with van der Waals surface area (Å²) in [5, 5.41) is 29.0. The third kappa shape index (κ3) is 2.57. The largest absolute Gasteiger partial charge is 0.385 e. The van der Waals surface area contributed by atoms with Crippen LogP contribution in [0.3, 0.4) is 0 Å². The molecule has 2 aromatic rings. The van der Waals surface area contributed by atoms with Gasteiger partial charge in [0.2, 0.25) is 5.52 Å².